The SMILES string of the molecule is O=C(Nc1ccc(Oc2ccc(F)cc2)nc1)c1occc1COc1ccccc1. The van der Waals surface area contributed by atoms with Gasteiger partial charge in [0.2, 0.25) is 5.88 Å². The number of carbonyl (C=O) groups excluding carboxylic acids is 1. The lowest BCUT2D eigenvalue weighted by Gasteiger charge is -2.08. The lowest BCUT2D eigenvalue weighted by molar-refractivity contribution is 0.0993. The molecule has 0 atom stereocenters. The molecule has 0 fully saturated rings. The summed E-state index contributed by atoms with van der Waals surface area (Å²) in [5, 5.41) is 2.73. The van der Waals surface area contributed by atoms with E-state index in [0.29, 0.717) is 28.6 Å². The summed E-state index contributed by atoms with van der Waals surface area (Å²) in [5.41, 5.74) is 1.10. The molecule has 0 spiro atoms. The highest BCUT2D eigenvalue weighted by Crippen LogP contribution is 2.22. The molecule has 7 heteroatoms. The predicted molar refractivity (Wildman–Crippen MR) is 108 cm³/mol. The average Bonchev–Trinajstić information content (AvgIpc) is 3.25. The lowest BCUT2D eigenvalue weighted by atomic mass is 10.2. The Kier molecular flexibility index (Phi) is 5.70. The van der Waals surface area contributed by atoms with Gasteiger partial charge in [-0.2, -0.15) is 0 Å². The first-order valence-corrected chi connectivity index (χ1v) is 9.12. The number of para-hydroxylation sites is 1. The third-order valence-electron chi connectivity index (χ3n) is 4.12. The van der Waals surface area contributed by atoms with Crippen LogP contribution in [0.5, 0.6) is 17.4 Å². The summed E-state index contributed by atoms with van der Waals surface area (Å²) >= 11 is 0. The molecule has 0 unspecified atom stereocenters. The quantitative estimate of drug-likeness (QED) is 0.444. The number of amides is 1. The Morgan fingerprint density at radius 1 is 0.967 bits per heavy atom. The smallest absolute Gasteiger partial charge is 0.291 e. The monoisotopic (exact) mass is 404 g/mol. The van der Waals surface area contributed by atoms with Crippen molar-refractivity contribution in [2.24, 2.45) is 0 Å². The molecule has 1 amide bonds. The van der Waals surface area contributed by atoms with Crippen LogP contribution in [-0.4, -0.2) is 10.9 Å². The summed E-state index contributed by atoms with van der Waals surface area (Å²) in [7, 11) is 0. The van der Waals surface area contributed by atoms with E-state index in [9.17, 15) is 9.18 Å². The molecule has 0 radical (unpaired) electrons. The second-order valence-corrected chi connectivity index (χ2v) is 6.27. The maximum absolute atomic E-state index is 13.0. The zero-order valence-electron chi connectivity index (χ0n) is 15.7. The van der Waals surface area contributed by atoms with Crippen LogP contribution in [0.25, 0.3) is 0 Å². The first kappa shape index (κ1) is 19.2. The number of hydrogen-bond acceptors (Lipinski definition) is 5. The number of hydrogen-bond donors (Lipinski definition) is 1. The number of ether oxygens (including phenoxy) is 2. The van der Waals surface area contributed by atoms with Crippen molar-refractivity contribution in [3.8, 4) is 17.4 Å². The molecule has 0 saturated heterocycles. The Morgan fingerprint density at radius 2 is 1.77 bits per heavy atom. The summed E-state index contributed by atoms with van der Waals surface area (Å²) in [6.45, 7) is 0.200. The summed E-state index contributed by atoms with van der Waals surface area (Å²) in [5.74, 6) is 0.873. The van der Waals surface area contributed by atoms with Crippen LogP contribution in [0, 0.1) is 5.82 Å². The van der Waals surface area contributed by atoms with Crippen LogP contribution >= 0.6 is 0 Å². The maximum Gasteiger partial charge on any atom is 0.291 e. The van der Waals surface area contributed by atoms with Crippen LogP contribution in [0.4, 0.5) is 10.1 Å². The van der Waals surface area contributed by atoms with Crippen molar-refractivity contribution >= 4 is 11.6 Å². The van der Waals surface area contributed by atoms with Crippen molar-refractivity contribution in [3.63, 3.8) is 0 Å². The molecule has 30 heavy (non-hydrogen) atoms. The van der Waals surface area contributed by atoms with Crippen molar-refractivity contribution in [1.82, 2.24) is 4.98 Å². The zero-order chi connectivity index (χ0) is 20.8. The van der Waals surface area contributed by atoms with Gasteiger partial charge in [0.15, 0.2) is 5.76 Å². The van der Waals surface area contributed by atoms with E-state index >= 15 is 0 Å². The van der Waals surface area contributed by atoms with E-state index in [-0.39, 0.29) is 18.2 Å². The number of anilines is 1. The maximum atomic E-state index is 13.0. The van der Waals surface area contributed by atoms with E-state index in [0.717, 1.165) is 0 Å². The fourth-order valence-corrected chi connectivity index (χ4v) is 2.65. The Hall–Kier alpha value is -4.13. The van der Waals surface area contributed by atoms with Gasteiger partial charge < -0.3 is 19.2 Å². The minimum atomic E-state index is -0.416. The average molecular weight is 404 g/mol. The molecule has 150 valence electrons. The van der Waals surface area contributed by atoms with E-state index in [1.807, 2.05) is 30.3 Å². The molecule has 4 aromatic rings. The second-order valence-electron chi connectivity index (χ2n) is 6.27. The molecule has 0 aliphatic heterocycles. The van der Waals surface area contributed by atoms with Gasteiger partial charge in [0.25, 0.3) is 5.91 Å². The van der Waals surface area contributed by atoms with Crippen LogP contribution in [0.3, 0.4) is 0 Å². The fraction of sp³-hybridized carbons (Fsp3) is 0.0435. The van der Waals surface area contributed by atoms with Crippen LogP contribution in [0.15, 0.2) is 89.7 Å². The van der Waals surface area contributed by atoms with Gasteiger partial charge >= 0.3 is 0 Å². The van der Waals surface area contributed by atoms with E-state index in [4.69, 9.17) is 13.9 Å². The number of carbonyl (C=O) groups is 1. The molecule has 0 aliphatic carbocycles. The summed E-state index contributed by atoms with van der Waals surface area (Å²) < 4.78 is 29.5. The summed E-state index contributed by atoms with van der Waals surface area (Å²) in [4.78, 5) is 16.7. The standard InChI is InChI=1S/C23H17FN2O4/c24-17-6-9-20(10-7-17)30-21-11-8-18(14-25-21)26-23(27)22-16(12-13-28-22)15-29-19-4-2-1-3-5-19/h1-14H,15H2,(H,26,27). The highest BCUT2D eigenvalue weighted by molar-refractivity contribution is 6.03. The molecule has 6 nitrogen and oxygen atoms in total. The molecule has 1 N–H and O–H groups in total. The Balaban J connectivity index is 1.37. The number of furan rings is 1. The largest absolute Gasteiger partial charge is 0.489 e. The molecule has 4 rings (SSSR count). The van der Waals surface area contributed by atoms with Gasteiger partial charge in [0, 0.05) is 11.6 Å². The molecular weight excluding hydrogens is 387 g/mol. The normalized spacial score (nSPS) is 10.4. The molecular formula is C23H17FN2O4. The minimum Gasteiger partial charge on any atom is -0.489 e. The summed E-state index contributed by atoms with van der Waals surface area (Å²) in [6, 6.07) is 19.8. The van der Waals surface area contributed by atoms with Crippen LogP contribution in [0.1, 0.15) is 16.1 Å². The van der Waals surface area contributed by atoms with Gasteiger partial charge in [-0.25, -0.2) is 9.37 Å². The number of nitrogens with one attached hydrogen (secondary N) is 1. The van der Waals surface area contributed by atoms with Crippen molar-refractivity contribution in [3.05, 3.63) is 102 Å². The number of benzene rings is 2. The Labute approximate surface area is 171 Å². The topological polar surface area (TPSA) is 73.6 Å². The molecule has 0 saturated carbocycles. The van der Waals surface area contributed by atoms with Gasteiger partial charge in [-0.05, 0) is 48.5 Å². The first-order valence-electron chi connectivity index (χ1n) is 9.12. The Morgan fingerprint density at radius 3 is 2.50 bits per heavy atom. The second kappa shape index (κ2) is 8.91. The molecule has 0 bridgehead atoms. The van der Waals surface area contributed by atoms with Crippen LogP contribution in [-0.2, 0) is 6.61 Å². The van der Waals surface area contributed by atoms with E-state index < -0.39 is 5.91 Å². The zero-order valence-corrected chi connectivity index (χ0v) is 15.7. The summed E-state index contributed by atoms with van der Waals surface area (Å²) in [6.07, 6.45) is 2.90. The first-order chi connectivity index (χ1) is 14.7. The molecule has 2 aromatic heterocycles. The minimum absolute atomic E-state index is 0.164. The van der Waals surface area contributed by atoms with E-state index in [1.165, 1.54) is 36.7 Å². The van der Waals surface area contributed by atoms with Crippen molar-refractivity contribution in [2.45, 2.75) is 6.61 Å². The van der Waals surface area contributed by atoms with Gasteiger partial charge in [-0.1, -0.05) is 18.2 Å². The van der Waals surface area contributed by atoms with Gasteiger partial charge in [0.1, 0.15) is 23.9 Å². The molecule has 0 aliphatic rings. The van der Waals surface area contributed by atoms with Crippen molar-refractivity contribution in [2.75, 3.05) is 5.32 Å². The van der Waals surface area contributed by atoms with Gasteiger partial charge in [0.05, 0.1) is 18.1 Å². The lowest BCUT2D eigenvalue weighted by Crippen LogP contribution is -2.14. The number of rotatable bonds is 7. The third kappa shape index (κ3) is 4.82. The highest BCUT2D eigenvalue weighted by atomic mass is 19.1. The third-order valence-corrected chi connectivity index (χ3v) is 4.12. The van der Waals surface area contributed by atoms with Crippen molar-refractivity contribution in [1.29, 1.82) is 0 Å². The number of halogens is 1. The molecule has 2 aromatic carbocycles. The molecule has 2 heterocycles. The van der Waals surface area contributed by atoms with Crippen LogP contribution < -0.4 is 14.8 Å². The highest BCUT2D eigenvalue weighted by Gasteiger charge is 2.16. The fourth-order valence-electron chi connectivity index (χ4n) is 2.65. The number of pyridine rings is 1. The van der Waals surface area contributed by atoms with Crippen molar-refractivity contribution < 1.29 is 23.1 Å². The van der Waals surface area contributed by atoms with Crippen LogP contribution in [0.2, 0.25) is 0 Å². The Bertz CT molecular complexity index is 1110. The van der Waals surface area contributed by atoms with Gasteiger partial charge in [-0.15, -0.1) is 0 Å². The number of aromatic nitrogens is 1. The van der Waals surface area contributed by atoms with Gasteiger partial charge in [-0.3, -0.25) is 4.79 Å². The van der Waals surface area contributed by atoms with E-state index in [2.05, 4.69) is 10.3 Å². The van der Waals surface area contributed by atoms with E-state index in [1.54, 1.807) is 18.2 Å². The number of nitrogens with zero attached hydrogens (tertiary/aromatic N) is 1. The predicted octanol–water partition coefficient (Wildman–Crippen LogP) is 5.44.